The summed E-state index contributed by atoms with van der Waals surface area (Å²) in [5.74, 6) is -0.0211. The number of carbonyl (C=O) groups is 1. The molecular weight excluding hydrogens is 468 g/mol. The molecule has 5 rings (SSSR count). The number of carbonyl (C=O) groups excluding carboxylic acids is 1. The molecule has 2 saturated carbocycles. The summed E-state index contributed by atoms with van der Waals surface area (Å²) >= 11 is 5.68. The number of rotatable bonds is 7. The second-order valence-corrected chi connectivity index (χ2v) is 11.7. The molecular formula is C22H27ClN4O5S. The molecule has 1 aromatic carbocycles. The molecule has 1 N–H and O–H groups in total. The van der Waals surface area contributed by atoms with Gasteiger partial charge in [0.1, 0.15) is 5.88 Å². The van der Waals surface area contributed by atoms with Gasteiger partial charge in [-0.3, -0.25) is 18.7 Å². The Hall–Kier alpha value is -2.17. The van der Waals surface area contributed by atoms with Crippen molar-refractivity contribution in [2.24, 2.45) is 5.92 Å². The average Bonchev–Trinajstić information content (AvgIpc) is 3.69. The van der Waals surface area contributed by atoms with Crippen molar-refractivity contribution in [3.8, 4) is 0 Å². The van der Waals surface area contributed by atoms with Gasteiger partial charge in [-0.1, -0.05) is 0 Å². The fraction of sp³-hybridized carbons (Fsp3) is 0.591. The van der Waals surface area contributed by atoms with Gasteiger partial charge in [-0.15, -0.1) is 11.6 Å². The first-order chi connectivity index (χ1) is 15.6. The number of fused-ring (bicyclic) bond motifs is 1. The van der Waals surface area contributed by atoms with Gasteiger partial charge in [0.2, 0.25) is 15.9 Å². The van der Waals surface area contributed by atoms with Gasteiger partial charge in [-0.05, 0) is 63.1 Å². The molecule has 11 heteroatoms. The molecule has 1 saturated heterocycles. The predicted molar refractivity (Wildman–Crippen MR) is 124 cm³/mol. The molecule has 0 radical (unpaired) electrons. The minimum absolute atomic E-state index is 0.00811. The quantitative estimate of drug-likeness (QED) is 0.585. The van der Waals surface area contributed by atoms with E-state index in [2.05, 4.69) is 4.72 Å². The third-order valence-electron chi connectivity index (χ3n) is 6.97. The van der Waals surface area contributed by atoms with E-state index in [1.54, 1.807) is 15.5 Å². The number of nitrogens with one attached hydrogen (secondary N) is 1. The summed E-state index contributed by atoms with van der Waals surface area (Å²) in [6, 6.07) is 3.92. The lowest BCUT2D eigenvalue weighted by Gasteiger charge is -2.19. The Morgan fingerprint density at radius 3 is 2.58 bits per heavy atom. The van der Waals surface area contributed by atoms with Gasteiger partial charge in [-0.2, -0.15) is 0 Å². The number of nitrogens with zero attached hydrogens (tertiary/aromatic N) is 3. The van der Waals surface area contributed by atoms with E-state index in [1.165, 1.54) is 16.7 Å². The molecule has 2 aliphatic carbocycles. The number of halogens is 1. The van der Waals surface area contributed by atoms with E-state index >= 15 is 0 Å². The maximum absolute atomic E-state index is 13.5. The van der Waals surface area contributed by atoms with Crippen LogP contribution in [0.2, 0.25) is 0 Å². The molecule has 178 valence electrons. The third kappa shape index (κ3) is 4.24. The van der Waals surface area contributed by atoms with E-state index < -0.39 is 32.9 Å². The van der Waals surface area contributed by atoms with Crippen LogP contribution in [0.25, 0.3) is 10.9 Å². The lowest BCUT2D eigenvalue weighted by Crippen LogP contribution is -2.44. The van der Waals surface area contributed by atoms with E-state index in [1.807, 2.05) is 6.92 Å². The van der Waals surface area contributed by atoms with E-state index in [0.29, 0.717) is 30.9 Å². The number of alkyl halides is 1. The zero-order valence-electron chi connectivity index (χ0n) is 18.4. The van der Waals surface area contributed by atoms with Crippen LogP contribution in [0, 0.1) is 5.92 Å². The van der Waals surface area contributed by atoms with Crippen molar-refractivity contribution in [2.75, 3.05) is 19.0 Å². The minimum atomic E-state index is -3.81. The summed E-state index contributed by atoms with van der Waals surface area (Å²) < 4.78 is 31.4. The smallest absolute Gasteiger partial charge is 0.331 e. The number of aromatic nitrogens is 2. The summed E-state index contributed by atoms with van der Waals surface area (Å²) in [6.45, 7) is 2.97. The number of hydrogen-bond donors (Lipinski definition) is 1. The molecule has 0 bridgehead atoms. The van der Waals surface area contributed by atoms with Crippen LogP contribution < -0.4 is 16.0 Å². The Morgan fingerprint density at radius 2 is 1.94 bits per heavy atom. The predicted octanol–water partition coefficient (Wildman–Crippen LogP) is 1.42. The second kappa shape index (κ2) is 7.95. The molecule has 0 spiro atoms. The molecule has 2 aromatic rings. The Balaban J connectivity index is 1.63. The summed E-state index contributed by atoms with van der Waals surface area (Å²) in [7, 11) is -3.81. The first-order valence-corrected chi connectivity index (χ1v) is 13.3. The third-order valence-corrected chi connectivity index (χ3v) is 8.83. The van der Waals surface area contributed by atoms with Gasteiger partial charge in [-0.25, -0.2) is 17.9 Å². The van der Waals surface area contributed by atoms with Crippen LogP contribution in [-0.2, 0) is 21.4 Å². The van der Waals surface area contributed by atoms with E-state index in [9.17, 15) is 22.8 Å². The standard InChI is InChI=1S/C22H27ClN4O5S/c1-22(7-8-22)24-33(31,32)16-4-5-18-17(10-16)20(29)27(21(30)26(18)12-14-2-3-14)15-6-9-25(13-15)19(28)11-23/h4-5,10,14-15,24H,2-3,6-9,11-13H2,1H3. The van der Waals surface area contributed by atoms with E-state index in [-0.39, 0.29) is 28.6 Å². The van der Waals surface area contributed by atoms with Gasteiger partial charge < -0.3 is 4.90 Å². The van der Waals surface area contributed by atoms with Crippen molar-refractivity contribution in [3.63, 3.8) is 0 Å². The van der Waals surface area contributed by atoms with Gasteiger partial charge >= 0.3 is 5.69 Å². The fourth-order valence-corrected chi connectivity index (χ4v) is 6.19. The highest BCUT2D eigenvalue weighted by Crippen LogP contribution is 2.36. The molecule has 1 aliphatic heterocycles. The van der Waals surface area contributed by atoms with Crippen molar-refractivity contribution in [1.29, 1.82) is 0 Å². The SMILES string of the molecule is CC1(NS(=O)(=O)c2ccc3c(c2)c(=O)n(C2CCN(C(=O)CCl)C2)c(=O)n3CC2CC2)CC1. The van der Waals surface area contributed by atoms with Crippen LogP contribution in [0.3, 0.4) is 0 Å². The summed E-state index contributed by atoms with van der Waals surface area (Å²) in [6.07, 6.45) is 4.04. The molecule has 2 heterocycles. The Morgan fingerprint density at radius 1 is 1.21 bits per heavy atom. The zero-order valence-corrected chi connectivity index (χ0v) is 20.0. The molecule has 9 nitrogen and oxygen atoms in total. The number of sulfonamides is 1. The maximum Gasteiger partial charge on any atom is 0.331 e. The topological polar surface area (TPSA) is 110 Å². The van der Waals surface area contributed by atoms with Crippen LogP contribution in [-0.4, -0.2) is 52.9 Å². The number of amides is 1. The number of hydrogen-bond acceptors (Lipinski definition) is 5. The van der Waals surface area contributed by atoms with Gasteiger partial charge in [0.25, 0.3) is 5.56 Å². The van der Waals surface area contributed by atoms with Crippen LogP contribution in [0.4, 0.5) is 0 Å². The maximum atomic E-state index is 13.5. The Bertz CT molecular complexity index is 1360. The molecule has 3 aliphatic rings. The molecule has 1 amide bonds. The van der Waals surface area contributed by atoms with Crippen LogP contribution in [0.1, 0.15) is 45.1 Å². The monoisotopic (exact) mass is 494 g/mol. The average molecular weight is 495 g/mol. The zero-order chi connectivity index (χ0) is 23.5. The second-order valence-electron chi connectivity index (χ2n) is 9.77. The summed E-state index contributed by atoms with van der Waals surface area (Å²) in [5.41, 5.74) is -0.941. The minimum Gasteiger partial charge on any atom is -0.340 e. The molecule has 1 unspecified atom stereocenters. The highest BCUT2D eigenvalue weighted by Gasteiger charge is 2.41. The van der Waals surface area contributed by atoms with Gasteiger partial charge in [0.05, 0.1) is 21.8 Å². The van der Waals surface area contributed by atoms with Crippen molar-refractivity contribution in [3.05, 3.63) is 39.0 Å². The molecule has 1 aromatic heterocycles. The van der Waals surface area contributed by atoms with Crippen molar-refractivity contribution >= 4 is 38.4 Å². The first-order valence-electron chi connectivity index (χ1n) is 11.3. The highest BCUT2D eigenvalue weighted by molar-refractivity contribution is 7.89. The van der Waals surface area contributed by atoms with Gasteiger partial charge in [0, 0.05) is 25.2 Å². The van der Waals surface area contributed by atoms with E-state index in [4.69, 9.17) is 11.6 Å². The number of likely N-dealkylation sites (tertiary alicyclic amines) is 1. The normalized spacial score (nSPS) is 22.1. The van der Waals surface area contributed by atoms with Gasteiger partial charge in [0.15, 0.2) is 0 Å². The summed E-state index contributed by atoms with van der Waals surface area (Å²) in [4.78, 5) is 40.5. The lowest BCUT2D eigenvalue weighted by molar-refractivity contribution is -0.127. The Kier molecular flexibility index (Phi) is 5.45. The Labute approximate surface area is 196 Å². The fourth-order valence-electron chi connectivity index (χ4n) is 4.53. The van der Waals surface area contributed by atoms with Crippen molar-refractivity contribution in [2.45, 2.75) is 62.0 Å². The van der Waals surface area contributed by atoms with Crippen molar-refractivity contribution < 1.29 is 13.2 Å². The lowest BCUT2D eigenvalue weighted by atomic mass is 10.2. The largest absolute Gasteiger partial charge is 0.340 e. The van der Waals surface area contributed by atoms with Crippen LogP contribution in [0.5, 0.6) is 0 Å². The molecule has 3 fully saturated rings. The molecule has 33 heavy (non-hydrogen) atoms. The summed E-state index contributed by atoms with van der Waals surface area (Å²) in [5, 5.41) is 0.196. The van der Waals surface area contributed by atoms with Crippen molar-refractivity contribution in [1.82, 2.24) is 18.8 Å². The highest BCUT2D eigenvalue weighted by atomic mass is 35.5. The van der Waals surface area contributed by atoms with Crippen LogP contribution >= 0.6 is 11.6 Å². The molecule has 1 atom stereocenters. The van der Waals surface area contributed by atoms with E-state index in [0.717, 1.165) is 25.7 Å². The number of benzene rings is 1. The van der Waals surface area contributed by atoms with Crippen LogP contribution in [0.15, 0.2) is 32.7 Å². The first kappa shape index (κ1) is 22.6.